The van der Waals surface area contributed by atoms with Crippen LogP contribution in [0, 0.1) is 6.92 Å². The normalized spacial score (nSPS) is 16.1. The van der Waals surface area contributed by atoms with E-state index < -0.39 is 18.6 Å². The molecule has 1 aliphatic heterocycles. The van der Waals surface area contributed by atoms with E-state index in [2.05, 4.69) is 30.6 Å². The van der Waals surface area contributed by atoms with Gasteiger partial charge in [-0.2, -0.15) is 0 Å². The van der Waals surface area contributed by atoms with Crippen LogP contribution >= 0.6 is 0 Å². The Labute approximate surface area is 221 Å². The predicted molar refractivity (Wildman–Crippen MR) is 147 cm³/mol. The van der Waals surface area contributed by atoms with Crippen molar-refractivity contribution in [3.05, 3.63) is 60.3 Å². The Morgan fingerprint density at radius 3 is 2.79 bits per heavy atom. The Morgan fingerprint density at radius 2 is 2.00 bits per heavy atom. The van der Waals surface area contributed by atoms with Crippen molar-refractivity contribution >= 4 is 34.4 Å². The second-order valence-electron chi connectivity index (χ2n) is 9.36. The molecule has 38 heavy (non-hydrogen) atoms. The van der Waals surface area contributed by atoms with E-state index >= 15 is 0 Å². The number of hydrogen-bond acceptors (Lipinski definition) is 8. The highest BCUT2D eigenvalue weighted by molar-refractivity contribution is 5.92. The first-order valence-electron chi connectivity index (χ1n) is 12.9. The molecule has 2 aromatic carbocycles. The molecule has 0 fully saturated rings. The summed E-state index contributed by atoms with van der Waals surface area (Å²) >= 11 is 0. The lowest BCUT2D eigenvalue weighted by Gasteiger charge is -2.28. The molecule has 9 nitrogen and oxygen atoms in total. The molecule has 0 amide bonds. The summed E-state index contributed by atoms with van der Waals surface area (Å²) in [5.74, 6) is 2.04. The van der Waals surface area contributed by atoms with E-state index in [0.29, 0.717) is 30.0 Å². The van der Waals surface area contributed by atoms with Crippen LogP contribution in [0.2, 0.25) is 0 Å². The predicted octanol–water partition coefficient (Wildman–Crippen LogP) is 6.27. The summed E-state index contributed by atoms with van der Waals surface area (Å²) in [6, 6.07) is 11.7. The number of anilines is 3. The third-order valence-corrected chi connectivity index (χ3v) is 6.51. The number of aromatic nitrogens is 4. The Kier molecular flexibility index (Phi) is 7.50. The maximum absolute atomic E-state index is 14.5. The van der Waals surface area contributed by atoms with Gasteiger partial charge in [-0.3, -0.25) is 0 Å². The number of hydrogen-bond donors (Lipinski definition) is 2. The van der Waals surface area contributed by atoms with E-state index in [0.717, 1.165) is 40.2 Å². The Balaban J connectivity index is 1.30. The summed E-state index contributed by atoms with van der Waals surface area (Å²) < 4.78 is 28.6. The van der Waals surface area contributed by atoms with E-state index in [1.54, 1.807) is 12.5 Å². The maximum Gasteiger partial charge on any atom is 0.226 e. The first kappa shape index (κ1) is 25.6. The number of ether oxygens (including phenoxy) is 2. The Morgan fingerprint density at radius 1 is 1.13 bits per heavy atom. The third kappa shape index (κ3) is 5.45. The van der Waals surface area contributed by atoms with Gasteiger partial charge in [0.15, 0.2) is 5.82 Å². The van der Waals surface area contributed by atoms with Crippen molar-refractivity contribution < 1.29 is 13.9 Å². The van der Waals surface area contributed by atoms with E-state index in [9.17, 15) is 4.39 Å². The van der Waals surface area contributed by atoms with Crippen LogP contribution in [0.25, 0.3) is 11.0 Å². The molecular formula is C28H32FN7O2. The molecule has 5 rings (SSSR count). The number of nitrogens with one attached hydrogen (secondary N) is 2. The number of fused-ring (bicyclic) bond motifs is 2. The molecule has 2 aromatic heterocycles. The van der Waals surface area contributed by atoms with Gasteiger partial charge in [0.25, 0.3) is 0 Å². The second-order valence-corrected chi connectivity index (χ2v) is 9.36. The first-order valence-corrected chi connectivity index (χ1v) is 12.9. The van der Waals surface area contributed by atoms with Gasteiger partial charge in [0.05, 0.1) is 29.7 Å². The largest absolute Gasteiger partial charge is 0.457 e. The number of aryl methyl sites for hydroxylation is 2. The van der Waals surface area contributed by atoms with Gasteiger partial charge in [-0.25, -0.2) is 24.3 Å². The van der Waals surface area contributed by atoms with E-state index in [4.69, 9.17) is 9.47 Å². The van der Waals surface area contributed by atoms with Gasteiger partial charge in [-0.1, -0.05) is 20.3 Å². The molecule has 4 aromatic rings. The molecule has 2 N–H and O–H groups in total. The van der Waals surface area contributed by atoms with Crippen LogP contribution in [0.1, 0.15) is 44.4 Å². The average molecular weight is 518 g/mol. The lowest BCUT2D eigenvalue weighted by Crippen LogP contribution is -2.35. The van der Waals surface area contributed by atoms with Crippen molar-refractivity contribution in [3.63, 3.8) is 0 Å². The minimum absolute atomic E-state index is 0.457. The zero-order chi connectivity index (χ0) is 26.6. The molecule has 0 saturated carbocycles. The van der Waals surface area contributed by atoms with E-state index in [1.165, 1.54) is 6.33 Å². The molecule has 3 atom stereocenters. The zero-order valence-corrected chi connectivity index (χ0v) is 22.0. The molecule has 0 bridgehead atoms. The minimum Gasteiger partial charge on any atom is -0.457 e. The van der Waals surface area contributed by atoms with Crippen molar-refractivity contribution in [3.8, 4) is 11.5 Å². The van der Waals surface area contributed by atoms with Gasteiger partial charge in [-0.15, -0.1) is 0 Å². The minimum atomic E-state index is -1.04. The SMILES string of the molecule is CCCC(F)C(CC)OC1N=Cc2ncnc(Nc3ccc(Oc4ccc5c(c4)ncn5C)c(C)c3)c2N1. The van der Waals surface area contributed by atoms with Crippen molar-refractivity contribution in [2.24, 2.45) is 12.0 Å². The molecule has 198 valence electrons. The van der Waals surface area contributed by atoms with Crippen molar-refractivity contribution in [1.82, 2.24) is 19.5 Å². The van der Waals surface area contributed by atoms with Gasteiger partial charge in [0.2, 0.25) is 6.35 Å². The van der Waals surface area contributed by atoms with Crippen LogP contribution in [0.3, 0.4) is 0 Å². The quantitative estimate of drug-likeness (QED) is 0.256. The molecule has 0 saturated heterocycles. The number of rotatable bonds is 10. The summed E-state index contributed by atoms with van der Waals surface area (Å²) in [7, 11) is 1.96. The first-order chi connectivity index (χ1) is 18.4. The highest BCUT2D eigenvalue weighted by atomic mass is 19.1. The third-order valence-electron chi connectivity index (χ3n) is 6.51. The molecule has 3 heterocycles. The molecular weight excluding hydrogens is 485 g/mol. The smallest absolute Gasteiger partial charge is 0.226 e. The highest BCUT2D eigenvalue weighted by Gasteiger charge is 2.26. The summed E-state index contributed by atoms with van der Waals surface area (Å²) in [5, 5.41) is 6.56. The molecule has 3 unspecified atom stereocenters. The van der Waals surface area contributed by atoms with Crippen LogP contribution in [0.15, 0.2) is 54.0 Å². The van der Waals surface area contributed by atoms with Gasteiger partial charge in [-0.05, 0) is 55.7 Å². The van der Waals surface area contributed by atoms with Gasteiger partial charge in [0, 0.05) is 18.8 Å². The lowest BCUT2D eigenvalue weighted by molar-refractivity contribution is -0.0408. The fourth-order valence-electron chi connectivity index (χ4n) is 4.45. The van der Waals surface area contributed by atoms with Crippen LogP contribution in [-0.4, -0.2) is 44.4 Å². The van der Waals surface area contributed by atoms with E-state index in [-0.39, 0.29) is 0 Å². The standard InChI is InChI=1S/C28H32FN7O2/c1-5-7-20(29)24(6-2)38-28-30-14-22-26(35-28)27(32-15-31-22)34-18-8-11-25(17(3)12-18)37-19-9-10-23-21(13-19)33-16-36(23)4/h8-16,20,24,28,35H,5-7H2,1-4H3,(H,31,32,34). The molecule has 0 spiro atoms. The number of benzene rings is 2. The maximum atomic E-state index is 14.5. The summed E-state index contributed by atoms with van der Waals surface area (Å²) in [6.45, 7) is 5.86. The summed E-state index contributed by atoms with van der Waals surface area (Å²) in [6.07, 6.45) is 4.36. The van der Waals surface area contributed by atoms with Crippen LogP contribution in [0.5, 0.6) is 11.5 Å². The van der Waals surface area contributed by atoms with Gasteiger partial charge >= 0.3 is 0 Å². The molecule has 10 heteroatoms. The zero-order valence-electron chi connectivity index (χ0n) is 22.0. The fourth-order valence-corrected chi connectivity index (χ4v) is 4.45. The monoisotopic (exact) mass is 517 g/mol. The molecule has 1 aliphatic rings. The van der Waals surface area contributed by atoms with Crippen LogP contribution in [0.4, 0.5) is 21.6 Å². The lowest BCUT2D eigenvalue weighted by atomic mass is 10.1. The van der Waals surface area contributed by atoms with Crippen molar-refractivity contribution in [2.75, 3.05) is 10.6 Å². The summed E-state index contributed by atoms with van der Waals surface area (Å²) in [5.41, 5.74) is 4.98. The second kappa shape index (κ2) is 11.1. The Bertz CT molecular complexity index is 1450. The fraction of sp³-hybridized carbons (Fsp3) is 0.357. The number of alkyl halides is 1. The van der Waals surface area contributed by atoms with Crippen LogP contribution in [-0.2, 0) is 11.8 Å². The molecule has 0 radical (unpaired) electrons. The van der Waals surface area contributed by atoms with Crippen molar-refractivity contribution in [2.45, 2.75) is 58.7 Å². The van der Waals surface area contributed by atoms with Gasteiger partial charge < -0.3 is 24.7 Å². The average Bonchev–Trinajstić information content (AvgIpc) is 3.29. The highest BCUT2D eigenvalue weighted by Crippen LogP contribution is 2.32. The number of nitrogens with zero attached hydrogens (tertiary/aromatic N) is 5. The van der Waals surface area contributed by atoms with Gasteiger partial charge in [0.1, 0.15) is 35.4 Å². The van der Waals surface area contributed by atoms with Crippen LogP contribution < -0.4 is 15.4 Å². The van der Waals surface area contributed by atoms with Crippen molar-refractivity contribution in [1.29, 1.82) is 0 Å². The summed E-state index contributed by atoms with van der Waals surface area (Å²) in [4.78, 5) is 17.5. The number of imidazole rings is 1. The Hall–Kier alpha value is -4.05. The number of aliphatic imine (C=N–C) groups is 1. The van der Waals surface area contributed by atoms with E-state index in [1.807, 2.05) is 68.8 Å². The number of halogens is 1. The topological polar surface area (TPSA) is 98.5 Å². The molecule has 0 aliphatic carbocycles.